The van der Waals surface area contributed by atoms with Gasteiger partial charge in [0.2, 0.25) is 5.95 Å². The molecule has 0 spiro atoms. The Morgan fingerprint density at radius 3 is 3.13 bits per heavy atom. The quantitative estimate of drug-likeness (QED) is 0.606. The minimum atomic E-state index is 0.408. The van der Waals surface area contributed by atoms with Crippen LogP contribution in [0, 0.1) is 0 Å². The largest absolute Gasteiger partial charge is 0.369 e. The van der Waals surface area contributed by atoms with Crippen LogP contribution in [-0.2, 0) is 0 Å². The lowest BCUT2D eigenvalue weighted by atomic mass is 10.4. The highest BCUT2D eigenvalue weighted by atomic mass is 15.2. The Morgan fingerprint density at radius 1 is 1.40 bits per heavy atom. The molecule has 6 nitrogen and oxygen atoms in total. The second-order valence-corrected chi connectivity index (χ2v) is 3.11. The molecule has 0 saturated heterocycles. The molecule has 0 aliphatic rings. The monoisotopic (exact) mass is 200 g/mol. The topological polar surface area (TPSA) is 85.4 Å². The zero-order valence-electron chi connectivity index (χ0n) is 7.75. The van der Waals surface area contributed by atoms with Crippen LogP contribution in [0.4, 0.5) is 5.95 Å². The average molecular weight is 200 g/mol. The number of fused-ring (bicyclic) bond motifs is 1. The number of nitrogens with zero attached hydrogens (tertiary/aromatic N) is 4. The van der Waals surface area contributed by atoms with E-state index in [4.69, 9.17) is 5.73 Å². The van der Waals surface area contributed by atoms with E-state index in [-0.39, 0.29) is 0 Å². The molecule has 3 heterocycles. The SMILES string of the molecule is Nc1nc2cccnc2n1-c1cn[nH]c1. The fourth-order valence-corrected chi connectivity index (χ4v) is 1.55. The third kappa shape index (κ3) is 1.08. The van der Waals surface area contributed by atoms with E-state index in [0.29, 0.717) is 5.95 Å². The molecule has 3 aromatic heterocycles. The van der Waals surface area contributed by atoms with Gasteiger partial charge in [0.1, 0.15) is 5.52 Å². The second kappa shape index (κ2) is 2.81. The van der Waals surface area contributed by atoms with Crippen molar-refractivity contribution in [3.8, 4) is 5.69 Å². The number of nitrogen functional groups attached to an aromatic ring is 1. The minimum absolute atomic E-state index is 0.408. The van der Waals surface area contributed by atoms with Crippen LogP contribution in [0.25, 0.3) is 16.9 Å². The highest BCUT2D eigenvalue weighted by Crippen LogP contribution is 2.19. The summed E-state index contributed by atoms with van der Waals surface area (Å²) in [4.78, 5) is 8.44. The van der Waals surface area contributed by atoms with Gasteiger partial charge in [-0.05, 0) is 12.1 Å². The molecular formula is C9H8N6. The summed E-state index contributed by atoms with van der Waals surface area (Å²) in [7, 11) is 0. The van der Waals surface area contributed by atoms with Crippen molar-refractivity contribution in [1.29, 1.82) is 0 Å². The van der Waals surface area contributed by atoms with Crippen molar-refractivity contribution in [2.24, 2.45) is 0 Å². The highest BCUT2D eigenvalue weighted by molar-refractivity contribution is 5.76. The molecule has 0 aliphatic carbocycles. The molecule has 15 heavy (non-hydrogen) atoms. The number of aromatic nitrogens is 5. The van der Waals surface area contributed by atoms with E-state index in [1.54, 1.807) is 23.2 Å². The van der Waals surface area contributed by atoms with Gasteiger partial charge in [-0.2, -0.15) is 5.10 Å². The molecule has 6 heteroatoms. The third-order valence-corrected chi connectivity index (χ3v) is 2.18. The standard InChI is InChI=1S/C9H8N6/c10-9-14-7-2-1-3-11-8(7)15(9)6-4-12-13-5-6/h1-5H,(H2,10,14)(H,12,13). The van der Waals surface area contributed by atoms with Gasteiger partial charge in [0.15, 0.2) is 5.65 Å². The van der Waals surface area contributed by atoms with E-state index in [2.05, 4.69) is 20.2 Å². The molecule has 0 saturated carbocycles. The van der Waals surface area contributed by atoms with Crippen LogP contribution in [0.15, 0.2) is 30.7 Å². The first-order valence-electron chi connectivity index (χ1n) is 4.44. The smallest absolute Gasteiger partial charge is 0.207 e. The van der Waals surface area contributed by atoms with E-state index in [0.717, 1.165) is 16.9 Å². The van der Waals surface area contributed by atoms with Gasteiger partial charge >= 0.3 is 0 Å². The second-order valence-electron chi connectivity index (χ2n) is 3.11. The van der Waals surface area contributed by atoms with E-state index in [9.17, 15) is 0 Å². The maximum Gasteiger partial charge on any atom is 0.207 e. The highest BCUT2D eigenvalue weighted by Gasteiger charge is 2.10. The van der Waals surface area contributed by atoms with Gasteiger partial charge in [-0.1, -0.05) is 0 Å². The number of nitrogens with one attached hydrogen (secondary N) is 1. The molecule has 0 radical (unpaired) electrons. The number of pyridine rings is 1. The first-order valence-corrected chi connectivity index (χ1v) is 4.44. The Labute approximate surface area is 84.8 Å². The molecule has 0 fully saturated rings. The van der Waals surface area contributed by atoms with Gasteiger partial charge < -0.3 is 5.73 Å². The van der Waals surface area contributed by atoms with Gasteiger partial charge in [-0.25, -0.2) is 9.97 Å². The summed E-state index contributed by atoms with van der Waals surface area (Å²) in [6.07, 6.45) is 5.12. The normalized spacial score (nSPS) is 10.9. The van der Waals surface area contributed by atoms with E-state index < -0.39 is 0 Å². The van der Waals surface area contributed by atoms with Crippen molar-refractivity contribution in [3.63, 3.8) is 0 Å². The first kappa shape index (κ1) is 7.98. The maximum atomic E-state index is 5.81. The Bertz CT molecular complexity index is 594. The summed E-state index contributed by atoms with van der Waals surface area (Å²) in [5, 5.41) is 6.60. The molecule has 0 amide bonds. The molecule has 0 bridgehead atoms. The van der Waals surface area contributed by atoms with Crippen LogP contribution in [-0.4, -0.2) is 24.7 Å². The number of hydrogen-bond donors (Lipinski definition) is 2. The summed E-state index contributed by atoms with van der Waals surface area (Å²) in [6.45, 7) is 0. The van der Waals surface area contributed by atoms with Crippen LogP contribution >= 0.6 is 0 Å². The molecule has 0 aliphatic heterocycles. The Hall–Kier alpha value is -2.37. The van der Waals surface area contributed by atoms with Crippen LogP contribution in [0.5, 0.6) is 0 Å². The summed E-state index contributed by atoms with van der Waals surface area (Å²) < 4.78 is 1.75. The molecule has 0 unspecified atom stereocenters. The van der Waals surface area contributed by atoms with Crippen molar-refractivity contribution in [2.75, 3.05) is 5.73 Å². The lowest BCUT2D eigenvalue weighted by Crippen LogP contribution is -1.99. The van der Waals surface area contributed by atoms with Gasteiger partial charge in [-0.15, -0.1) is 0 Å². The Kier molecular flexibility index (Phi) is 1.49. The van der Waals surface area contributed by atoms with Crippen LogP contribution in [0.2, 0.25) is 0 Å². The Balaban J connectivity index is 2.39. The maximum absolute atomic E-state index is 5.81. The van der Waals surface area contributed by atoms with Gasteiger partial charge in [0.05, 0.1) is 11.9 Å². The zero-order chi connectivity index (χ0) is 10.3. The average Bonchev–Trinajstić information content (AvgIpc) is 2.82. The summed E-state index contributed by atoms with van der Waals surface area (Å²) in [6, 6.07) is 3.70. The van der Waals surface area contributed by atoms with Crippen molar-refractivity contribution >= 4 is 17.1 Å². The Morgan fingerprint density at radius 2 is 2.33 bits per heavy atom. The number of nitrogens with two attached hydrogens (primary N) is 1. The first-order chi connectivity index (χ1) is 7.36. The summed E-state index contributed by atoms with van der Waals surface area (Å²) >= 11 is 0. The molecule has 0 aromatic carbocycles. The van der Waals surface area contributed by atoms with Crippen LogP contribution in [0.1, 0.15) is 0 Å². The number of hydrogen-bond acceptors (Lipinski definition) is 4. The van der Waals surface area contributed by atoms with Crippen molar-refractivity contribution in [1.82, 2.24) is 24.7 Å². The number of anilines is 1. The lowest BCUT2D eigenvalue weighted by molar-refractivity contribution is 1.09. The fourth-order valence-electron chi connectivity index (χ4n) is 1.55. The molecule has 3 rings (SSSR count). The number of rotatable bonds is 1. The number of H-pyrrole nitrogens is 1. The van der Waals surface area contributed by atoms with Crippen molar-refractivity contribution in [2.45, 2.75) is 0 Å². The predicted molar refractivity (Wildman–Crippen MR) is 55.4 cm³/mol. The summed E-state index contributed by atoms with van der Waals surface area (Å²) in [5.74, 6) is 0.408. The van der Waals surface area contributed by atoms with Crippen molar-refractivity contribution in [3.05, 3.63) is 30.7 Å². The van der Waals surface area contributed by atoms with E-state index in [1.165, 1.54) is 0 Å². The molecule has 3 N–H and O–H groups in total. The van der Waals surface area contributed by atoms with Crippen LogP contribution in [0.3, 0.4) is 0 Å². The predicted octanol–water partition coefficient (Wildman–Crippen LogP) is 0.726. The molecule has 3 aromatic rings. The molecule has 0 atom stereocenters. The van der Waals surface area contributed by atoms with E-state index in [1.807, 2.05) is 12.1 Å². The van der Waals surface area contributed by atoms with E-state index >= 15 is 0 Å². The minimum Gasteiger partial charge on any atom is -0.369 e. The summed E-state index contributed by atoms with van der Waals surface area (Å²) in [5.41, 5.74) is 8.15. The third-order valence-electron chi connectivity index (χ3n) is 2.18. The van der Waals surface area contributed by atoms with Gasteiger partial charge in [-0.3, -0.25) is 9.67 Å². The lowest BCUT2D eigenvalue weighted by Gasteiger charge is -1.99. The number of aromatic amines is 1. The van der Waals surface area contributed by atoms with Gasteiger partial charge in [0, 0.05) is 12.4 Å². The van der Waals surface area contributed by atoms with Crippen molar-refractivity contribution < 1.29 is 0 Å². The molecule has 74 valence electrons. The van der Waals surface area contributed by atoms with Crippen LogP contribution < -0.4 is 5.73 Å². The zero-order valence-corrected chi connectivity index (χ0v) is 7.75. The fraction of sp³-hybridized carbons (Fsp3) is 0. The molecular weight excluding hydrogens is 192 g/mol. The number of imidazole rings is 1. The van der Waals surface area contributed by atoms with Gasteiger partial charge in [0.25, 0.3) is 0 Å².